The summed E-state index contributed by atoms with van der Waals surface area (Å²) in [6, 6.07) is 0. The molecule has 0 amide bonds. The first-order valence-electron chi connectivity index (χ1n) is 48.4. The minimum atomic E-state index is -4.95. The van der Waals surface area contributed by atoms with Crippen LogP contribution < -0.4 is 0 Å². The zero-order valence-corrected chi connectivity index (χ0v) is 78.4. The van der Waals surface area contributed by atoms with E-state index in [0.717, 1.165) is 167 Å². The second-order valence-electron chi connectivity index (χ2n) is 32.1. The van der Waals surface area contributed by atoms with Crippen molar-refractivity contribution in [1.29, 1.82) is 0 Å². The fourth-order valence-electron chi connectivity index (χ4n) is 13.1. The molecular weight excluding hydrogens is 1560 g/mol. The molecule has 0 saturated heterocycles. The van der Waals surface area contributed by atoms with Gasteiger partial charge in [-0.05, 0) is 161 Å². The van der Waals surface area contributed by atoms with Gasteiger partial charge in [0, 0.05) is 19.3 Å². The number of allylic oxidation sites excluding steroid dienone is 28. The van der Waals surface area contributed by atoms with Crippen LogP contribution in [0, 0.1) is 0 Å². The van der Waals surface area contributed by atoms with Crippen LogP contribution in [-0.4, -0.2) is 95.9 Å². The van der Waals surface area contributed by atoms with Crippen LogP contribution in [0.4, 0.5) is 0 Å². The van der Waals surface area contributed by atoms with E-state index in [1.165, 1.54) is 180 Å². The highest BCUT2D eigenvalue weighted by molar-refractivity contribution is 7.47. The highest BCUT2D eigenvalue weighted by Gasteiger charge is 2.30. The Morgan fingerprint density at radius 2 is 0.438 bits per heavy atom. The molecule has 0 aliphatic rings. The molecule has 121 heavy (non-hydrogen) atoms. The van der Waals surface area contributed by atoms with Gasteiger partial charge in [-0.15, -0.1) is 0 Å². The third-order valence-corrected chi connectivity index (χ3v) is 22.3. The van der Waals surface area contributed by atoms with Crippen molar-refractivity contribution in [3.8, 4) is 0 Å². The lowest BCUT2D eigenvalue weighted by Crippen LogP contribution is -2.30. The molecule has 0 heterocycles. The number of carbonyl (C=O) groups excluding carboxylic acids is 3. The lowest BCUT2D eigenvalue weighted by molar-refractivity contribution is -0.161. The Kier molecular flexibility index (Phi) is 90.1. The van der Waals surface area contributed by atoms with Gasteiger partial charge >= 0.3 is 33.6 Å². The Morgan fingerprint density at radius 1 is 0.240 bits per heavy atom. The van der Waals surface area contributed by atoms with Crippen molar-refractivity contribution >= 4 is 33.6 Å². The Labute approximate surface area is 739 Å². The molecule has 0 aliphatic carbocycles. The van der Waals surface area contributed by atoms with E-state index in [-0.39, 0.29) is 19.3 Å². The summed E-state index contributed by atoms with van der Waals surface area (Å²) in [5.41, 5.74) is 0. The summed E-state index contributed by atoms with van der Waals surface area (Å²) in [6.45, 7) is 2.55. The van der Waals surface area contributed by atoms with E-state index < -0.39 is 91.5 Å². The number of phosphoric acid groups is 2. The molecule has 4 N–H and O–H groups in total. The summed E-state index contributed by atoms with van der Waals surface area (Å²) in [4.78, 5) is 59.1. The van der Waals surface area contributed by atoms with Crippen LogP contribution in [-0.2, 0) is 55.8 Å². The van der Waals surface area contributed by atoms with E-state index in [1.54, 1.807) is 0 Å². The normalized spacial score (nSPS) is 14.5. The van der Waals surface area contributed by atoms with Crippen molar-refractivity contribution in [2.75, 3.05) is 39.6 Å². The summed E-state index contributed by atoms with van der Waals surface area (Å²) >= 11 is 0. The van der Waals surface area contributed by atoms with Crippen molar-refractivity contribution in [1.82, 2.24) is 0 Å². The van der Waals surface area contributed by atoms with Crippen LogP contribution in [0.25, 0.3) is 0 Å². The second-order valence-corrected chi connectivity index (χ2v) is 35.0. The highest BCUT2D eigenvalue weighted by atomic mass is 31.2. The summed E-state index contributed by atoms with van der Waals surface area (Å²) < 4.78 is 61.6. The van der Waals surface area contributed by atoms with Gasteiger partial charge in [0.25, 0.3) is 0 Å². The van der Waals surface area contributed by atoms with Crippen molar-refractivity contribution in [2.24, 2.45) is 0 Å². The predicted molar refractivity (Wildman–Crippen MR) is 509 cm³/mol. The molecule has 0 bridgehead atoms. The van der Waals surface area contributed by atoms with Crippen LogP contribution in [0.5, 0.6) is 0 Å². The third kappa shape index (κ3) is 95.4. The van der Waals surface area contributed by atoms with Gasteiger partial charge < -0.3 is 34.2 Å². The molecule has 18 heteroatoms. The Hall–Kier alpha value is -5.09. The number of esters is 3. The van der Waals surface area contributed by atoms with Crippen molar-refractivity contribution < 1.29 is 75.8 Å². The number of aliphatic hydroxyl groups excluding tert-OH is 2. The van der Waals surface area contributed by atoms with Gasteiger partial charge in [-0.3, -0.25) is 32.5 Å². The SMILES string of the molecule is CC/C=C\C/C=C\C/C=C\C/C=C\C/C=C\C/C=C\CCCCCCCCCCCCCCC(=O)OCC(O)COP(=O)(O)OCC(O)COP(=O)(O)OCC(COC(=O)CCCCCCCCCCCCCCCCC/C=C\C/C=C\C/C=C\C/C=C\CCCCC)OC(=O)CCCCCCCCC/C=C\C/C=C\C/C=C\C/C=C\CCCCC. The second kappa shape index (κ2) is 94.1. The molecule has 0 saturated carbocycles. The number of hydrogen-bond donors (Lipinski definition) is 4. The van der Waals surface area contributed by atoms with Crippen LogP contribution in [0.2, 0.25) is 0 Å². The number of phosphoric ester groups is 2. The first-order chi connectivity index (χ1) is 59.2. The molecule has 0 aliphatic heterocycles. The molecular formula is C103H176O16P2. The fourth-order valence-corrected chi connectivity index (χ4v) is 14.7. The zero-order valence-electron chi connectivity index (χ0n) is 76.6. The molecule has 0 aromatic heterocycles. The smallest absolute Gasteiger partial charge is 0.463 e. The number of ether oxygens (including phenoxy) is 3. The van der Waals surface area contributed by atoms with E-state index in [2.05, 4.69) is 191 Å². The zero-order chi connectivity index (χ0) is 87.9. The number of hydrogen-bond acceptors (Lipinski definition) is 14. The van der Waals surface area contributed by atoms with Gasteiger partial charge in [-0.2, -0.15) is 0 Å². The molecule has 694 valence electrons. The van der Waals surface area contributed by atoms with E-state index in [9.17, 15) is 43.5 Å². The molecule has 16 nitrogen and oxygen atoms in total. The number of aliphatic hydroxyl groups is 2. The van der Waals surface area contributed by atoms with Crippen molar-refractivity contribution in [3.63, 3.8) is 0 Å². The highest BCUT2D eigenvalue weighted by Crippen LogP contribution is 2.45. The predicted octanol–water partition coefficient (Wildman–Crippen LogP) is 30.2. The minimum Gasteiger partial charge on any atom is -0.463 e. The van der Waals surface area contributed by atoms with Gasteiger partial charge in [0.2, 0.25) is 0 Å². The largest absolute Gasteiger partial charge is 0.472 e. The maximum atomic E-state index is 13.1. The minimum absolute atomic E-state index is 0.0894. The first kappa shape index (κ1) is 116. The lowest BCUT2D eigenvalue weighted by atomic mass is 10.0. The standard InChI is InChI=1S/C103H176O16P2/c1-4-7-10-13-16-19-22-25-28-31-34-37-40-42-44-46-48-50-52-54-57-59-62-65-68-71-74-77-80-83-86-89-101(106)113-92-98(104)93-115-120(109,110)116-94-99(105)95-117-121(111,112)118-97-100(119-103(108)91-88-85-82-79-76-73-70-67-64-61-56-39-36-33-30-27-24-21-18-15-12-9-6-3)96-114-102(107)90-87-84-81-78-75-72-69-66-63-60-58-55-53-51-49-47-45-43-41-38-35-32-29-26-23-20-17-14-11-8-5-2/h7,10,16-21,25-30,34-39,42-45,48,50,61,64,98-100,104-105H,4-6,8-9,11-15,22-24,31-33,40-41,46-47,49,51-60,62-63,65-97H2,1-3H3,(H,109,110)(H,111,112)/b10-7-,19-16-,20-17-,21-18-,28-25-,29-26-,30-27-,37-34-,38-35-,39-36-,44-42-,45-43-,50-48-,64-61-. The number of carbonyl (C=O) groups is 3. The summed E-state index contributed by atoms with van der Waals surface area (Å²) in [7, 11) is -9.82. The molecule has 0 aromatic rings. The maximum absolute atomic E-state index is 13.1. The van der Waals surface area contributed by atoms with Crippen molar-refractivity contribution in [2.45, 2.75) is 424 Å². The summed E-state index contributed by atoms with van der Waals surface area (Å²) in [6.07, 6.45) is 123. The van der Waals surface area contributed by atoms with E-state index in [4.69, 9.17) is 32.3 Å². The average Bonchev–Trinajstić information content (AvgIpc) is 0.884. The molecule has 0 fully saturated rings. The fraction of sp³-hybridized carbons (Fsp3) is 0.699. The van der Waals surface area contributed by atoms with Crippen LogP contribution in [0.1, 0.15) is 406 Å². The topological polar surface area (TPSA) is 231 Å². The monoisotopic (exact) mass is 1730 g/mol. The van der Waals surface area contributed by atoms with Gasteiger partial charge in [-0.25, -0.2) is 9.13 Å². The van der Waals surface area contributed by atoms with Gasteiger partial charge in [0.05, 0.1) is 26.4 Å². The molecule has 5 unspecified atom stereocenters. The third-order valence-electron chi connectivity index (χ3n) is 20.4. The molecule has 0 radical (unpaired) electrons. The summed E-state index contributed by atoms with van der Waals surface area (Å²) in [5.74, 6) is -1.58. The van der Waals surface area contributed by atoms with E-state index in [1.807, 2.05) is 0 Å². The number of rotatable bonds is 91. The maximum Gasteiger partial charge on any atom is 0.472 e. The van der Waals surface area contributed by atoms with Crippen molar-refractivity contribution in [3.05, 3.63) is 170 Å². The molecule has 0 rings (SSSR count). The Morgan fingerprint density at radius 3 is 0.694 bits per heavy atom. The van der Waals surface area contributed by atoms with Gasteiger partial charge in [-0.1, -0.05) is 396 Å². The van der Waals surface area contributed by atoms with Crippen LogP contribution >= 0.6 is 15.6 Å². The van der Waals surface area contributed by atoms with Gasteiger partial charge in [0.15, 0.2) is 6.10 Å². The molecule has 0 aromatic carbocycles. The average molecular weight is 1730 g/mol. The van der Waals surface area contributed by atoms with E-state index >= 15 is 0 Å². The lowest BCUT2D eigenvalue weighted by Gasteiger charge is -2.21. The first-order valence-corrected chi connectivity index (χ1v) is 51.4. The molecule has 0 spiro atoms. The van der Waals surface area contributed by atoms with Gasteiger partial charge in [0.1, 0.15) is 25.4 Å². The Bertz CT molecular complexity index is 2880. The van der Waals surface area contributed by atoms with Crippen LogP contribution in [0.15, 0.2) is 170 Å². The van der Waals surface area contributed by atoms with Crippen LogP contribution in [0.3, 0.4) is 0 Å². The number of unbranched alkanes of at least 4 members (excludes halogenated alkanes) is 40. The molecule has 5 atom stereocenters. The Balaban J connectivity index is 4.62. The summed E-state index contributed by atoms with van der Waals surface area (Å²) in [5, 5.41) is 20.8. The quantitative estimate of drug-likeness (QED) is 0.0146. The van der Waals surface area contributed by atoms with E-state index in [0.29, 0.717) is 19.3 Å².